The van der Waals surface area contributed by atoms with Crippen LogP contribution in [0.4, 0.5) is 0 Å². The molecule has 3 nitrogen and oxygen atoms in total. The van der Waals surface area contributed by atoms with Gasteiger partial charge in [-0.05, 0) is 38.7 Å². The Bertz CT molecular complexity index is 327. The second kappa shape index (κ2) is 6.42. The highest BCUT2D eigenvalue weighted by atomic mass is 35.5. The van der Waals surface area contributed by atoms with Crippen LogP contribution in [0.1, 0.15) is 31.4 Å². The van der Waals surface area contributed by atoms with Crippen LogP contribution in [0.25, 0.3) is 0 Å². The fourth-order valence-corrected chi connectivity index (χ4v) is 2.96. The average Bonchev–Trinajstić information content (AvgIpc) is 2.22. The number of aromatic nitrogens is 2. The van der Waals surface area contributed by atoms with E-state index in [9.17, 15) is 0 Å². The maximum atomic E-state index is 5.87. The van der Waals surface area contributed by atoms with Crippen molar-refractivity contribution in [2.24, 2.45) is 5.73 Å². The van der Waals surface area contributed by atoms with Gasteiger partial charge in [-0.1, -0.05) is 11.8 Å². The van der Waals surface area contributed by atoms with E-state index in [-0.39, 0.29) is 12.4 Å². The normalized spacial score (nSPS) is 24.9. The van der Waals surface area contributed by atoms with Crippen molar-refractivity contribution in [3.8, 4) is 0 Å². The molecule has 2 N–H and O–H groups in total. The Morgan fingerprint density at radius 3 is 2.62 bits per heavy atom. The van der Waals surface area contributed by atoms with Crippen LogP contribution < -0.4 is 5.73 Å². The van der Waals surface area contributed by atoms with Gasteiger partial charge in [0.2, 0.25) is 0 Å². The standard InChI is InChI=1S/C11H17N3S.ClH/c1-8-6-7-13-11(14-8)15-10-4-2-9(12)3-5-10;/h6-7,9-10H,2-5,12H2,1H3;1H. The minimum absolute atomic E-state index is 0. The van der Waals surface area contributed by atoms with Crippen molar-refractivity contribution in [1.29, 1.82) is 0 Å². The summed E-state index contributed by atoms with van der Waals surface area (Å²) in [6, 6.07) is 2.35. The predicted octanol–water partition coefficient (Wildman–Crippen LogP) is 2.57. The lowest BCUT2D eigenvalue weighted by Crippen LogP contribution is -2.27. The number of thioether (sulfide) groups is 1. The second-order valence-corrected chi connectivity index (χ2v) is 5.40. The third-order valence-electron chi connectivity index (χ3n) is 2.76. The Labute approximate surface area is 107 Å². The van der Waals surface area contributed by atoms with Crippen LogP contribution in [-0.4, -0.2) is 21.3 Å². The monoisotopic (exact) mass is 259 g/mol. The molecule has 0 amide bonds. The van der Waals surface area contributed by atoms with Gasteiger partial charge in [-0.2, -0.15) is 0 Å². The molecule has 1 aromatic rings. The van der Waals surface area contributed by atoms with Crippen molar-refractivity contribution in [2.75, 3.05) is 0 Å². The molecule has 1 saturated carbocycles. The van der Waals surface area contributed by atoms with Gasteiger partial charge in [0, 0.05) is 23.2 Å². The molecule has 0 aromatic carbocycles. The number of aryl methyl sites for hydroxylation is 1. The average molecular weight is 260 g/mol. The lowest BCUT2D eigenvalue weighted by Gasteiger charge is -2.24. The molecule has 5 heteroatoms. The van der Waals surface area contributed by atoms with E-state index in [2.05, 4.69) is 9.97 Å². The Morgan fingerprint density at radius 1 is 1.31 bits per heavy atom. The van der Waals surface area contributed by atoms with Gasteiger partial charge in [-0.3, -0.25) is 0 Å². The van der Waals surface area contributed by atoms with E-state index in [0.717, 1.165) is 23.7 Å². The summed E-state index contributed by atoms with van der Waals surface area (Å²) in [7, 11) is 0. The van der Waals surface area contributed by atoms with Crippen molar-refractivity contribution in [2.45, 2.75) is 49.1 Å². The van der Waals surface area contributed by atoms with E-state index >= 15 is 0 Å². The van der Waals surface area contributed by atoms with E-state index in [1.165, 1.54) is 12.8 Å². The van der Waals surface area contributed by atoms with Gasteiger partial charge in [0.15, 0.2) is 5.16 Å². The molecule has 1 fully saturated rings. The number of nitrogens with two attached hydrogens (primary N) is 1. The summed E-state index contributed by atoms with van der Waals surface area (Å²) in [5.74, 6) is 0. The van der Waals surface area contributed by atoms with Gasteiger partial charge >= 0.3 is 0 Å². The van der Waals surface area contributed by atoms with Crippen LogP contribution in [0, 0.1) is 6.92 Å². The second-order valence-electron chi connectivity index (χ2n) is 4.14. The summed E-state index contributed by atoms with van der Waals surface area (Å²) in [6.07, 6.45) is 6.51. The SMILES string of the molecule is Cc1ccnc(SC2CCC(N)CC2)n1.Cl. The smallest absolute Gasteiger partial charge is 0.187 e. The van der Waals surface area contributed by atoms with Crippen molar-refractivity contribution in [3.05, 3.63) is 18.0 Å². The Kier molecular flexibility index (Phi) is 5.52. The van der Waals surface area contributed by atoms with Crippen molar-refractivity contribution < 1.29 is 0 Å². The van der Waals surface area contributed by atoms with Crippen molar-refractivity contribution in [3.63, 3.8) is 0 Å². The summed E-state index contributed by atoms with van der Waals surface area (Å²) in [6.45, 7) is 2.00. The summed E-state index contributed by atoms with van der Waals surface area (Å²) < 4.78 is 0. The maximum absolute atomic E-state index is 5.87. The fourth-order valence-electron chi connectivity index (χ4n) is 1.84. The quantitative estimate of drug-likeness (QED) is 0.830. The van der Waals surface area contributed by atoms with Gasteiger partial charge in [0.1, 0.15) is 0 Å². The maximum Gasteiger partial charge on any atom is 0.187 e. The molecule has 0 radical (unpaired) electrons. The zero-order chi connectivity index (χ0) is 10.7. The van der Waals surface area contributed by atoms with E-state index in [1.807, 2.05) is 19.2 Å². The van der Waals surface area contributed by atoms with E-state index < -0.39 is 0 Å². The van der Waals surface area contributed by atoms with Crippen LogP contribution >= 0.6 is 24.2 Å². The molecule has 0 aliphatic heterocycles. The Morgan fingerprint density at radius 2 is 2.00 bits per heavy atom. The summed E-state index contributed by atoms with van der Waals surface area (Å²) in [4.78, 5) is 8.68. The Balaban J connectivity index is 0.00000128. The molecular formula is C11H18ClN3S. The molecule has 1 heterocycles. The third kappa shape index (κ3) is 3.92. The van der Waals surface area contributed by atoms with Crippen molar-refractivity contribution >= 4 is 24.2 Å². The largest absolute Gasteiger partial charge is 0.328 e. The first-order valence-corrected chi connectivity index (χ1v) is 6.34. The van der Waals surface area contributed by atoms with Crippen LogP contribution in [0.5, 0.6) is 0 Å². The molecular weight excluding hydrogens is 242 g/mol. The van der Waals surface area contributed by atoms with Crippen LogP contribution in [-0.2, 0) is 0 Å². The van der Waals surface area contributed by atoms with Gasteiger partial charge in [-0.25, -0.2) is 9.97 Å². The molecule has 16 heavy (non-hydrogen) atoms. The van der Waals surface area contributed by atoms with Crippen LogP contribution in [0.15, 0.2) is 17.4 Å². The van der Waals surface area contributed by atoms with Crippen LogP contribution in [0.3, 0.4) is 0 Å². The molecule has 1 aliphatic carbocycles. The van der Waals surface area contributed by atoms with Crippen molar-refractivity contribution in [1.82, 2.24) is 9.97 Å². The highest BCUT2D eigenvalue weighted by Gasteiger charge is 2.20. The lowest BCUT2D eigenvalue weighted by atomic mass is 9.96. The number of nitrogens with zero attached hydrogens (tertiary/aromatic N) is 2. The topological polar surface area (TPSA) is 51.8 Å². The molecule has 1 aliphatic rings. The van der Waals surface area contributed by atoms with Gasteiger partial charge in [0.05, 0.1) is 0 Å². The molecule has 2 rings (SSSR count). The molecule has 0 spiro atoms. The minimum atomic E-state index is 0. The molecule has 0 atom stereocenters. The first-order valence-electron chi connectivity index (χ1n) is 5.46. The molecule has 0 bridgehead atoms. The fraction of sp³-hybridized carbons (Fsp3) is 0.636. The number of hydrogen-bond acceptors (Lipinski definition) is 4. The molecule has 0 unspecified atom stereocenters. The highest BCUT2D eigenvalue weighted by Crippen LogP contribution is 2.31. The first-order chi connectivity index (χ1) is 7.24. The third-order valence-corrected chi connectivity index (χ3v) is 3.98. The Hall–Kier alpha value is -0.320. The zero-order valence-electron chi connectivity index (χ0n) is 9.43. The summed E-state index contributed by atoms with van der Waals surface area (Å²) >= 11 is 1.80. The van der Waals surface area contributed by atoms with Gasteiger partial charge in [-0.15, -0.1) is 12.4 Å². The van der Waals surface area contributed by atoms with E-state index in [1.54, 1.807) is 11.8 Å². The number of hydrogen-bond donors (Lipinski definition) is 1. The van der Waals surface area contributed by atoms with E-state index in [4.69, 9.17) is 5.73 Å². The highest BCUT2D eigenvalue weighted by molar-refractivity contribution is 7.99. The summed E-state index contributed by atoms with van der Waals surface area (Å²) in [5, 5.41) is 1.57. The predicted molar refractivity (Wildman–Crippen MR) is 70.1 cm³/mol. The van der Waals surface area contributed by atoms with E-state index in [0.29, 0.717) is 11.3 Å². The number of halogens is 1. The molecule has 1 aromatic heterocycles. The summed E-state index contributed by atoms with van der Waals surface area (Å²) in [5.41, 5.74) is 6.92. The lowest BCUT2D eigenvalue weighted by molar-refractivity contribution is 0.450. The van der Waals surface area contributed by atoms with Gasteiger partial charge in [0.25, 0.3) is 0 Å². The minimum Gasteiger partial charge on any atom is -0.328 e. The zero-order valence-corrected chi connectivity index (χ0v) is 11.1. The molecule has 0 saturated heterocycles. The van der Waals surface area contributed by atoms with Crippen LogP contribution in [0.2, 0.25) is 0 Å². The first kappa shape index (κ1) is 13.7. The van der Waals surface area contributed by atoms with Gasteiger partial charge < -0.3 is 5.73 Å². The molecule has 90 valence electrons. The number of rotatable bonds is 2.